The number of nitrogens with zero attached hydrogens (tertiary/aromatic N) is 2. The van der Waals surface area contributed by atoms with Crippen LogP contribution in [0.3, 0.4) is 0 Å². The van der Waals surface area contributed by atoms with Gasteiger partial charge in [0.25, 0.3) is 0 Å². The van der Waals surface area contributed by atoms with Gasteiger partial charge in [0.15, 0.2) is 0 Å². The van der Waals surface area contributed by atoms with Gasteiger partial charge < -0.3 is 6.92 Å². The zero-order chi connectivity index (χ0) is 32.9. The fourth-order valence-corrected chi connectivity index (χ4v) is 6.04. The van der Waals surface area contributed by atoms with Crippen LogP contribution in [0.4, 0.5) is 11.4 Å². The van der Waals surface area contributed by atoms with Crippen molar-refractivity contribution in [2.45, 2.75) is 145 Å². The van der Waals surface area contributed by atoms with Gasteiger partial charge in [-0.2, -0.15) is 6.92 Å². The van der Waals surface area contributed by atoms with E-state index in [4.69, 9.17) is 9.98 Å². The number of aliphatic imine (C=N–C) groups is 2. The third kappa shape index (κ3) is 13.7. The van der Waals surface area contributed by atoms with Crippen LogP contribution >= 0.6 is 0 Å². The van der Waals surface area contributed by atoms with Crippen molar-refractivity contribution in [2.75, 3.05) is 0 Å². The van der Waals surface area contributed by atoms with Crippen LogP contribution in [0.25, 0.3) is 11.1 Å². The van der Waals surface area contributed by atoms with Crippen LogP contribution in [0.2, 0.25) is 0 Å². The summed E-state index contributed by atoms with van der Waals surface area (Å²) < 4.78 is 0. The summed E-state index contributed by atoms with van der Waals surface area (Å²) in [5, 5.41) is 0. The van der Waals surface area contributed by atoms with E-state index in [1.54, 1.807) is 12.5 Å². The van der Waals surface area contributed by atoms with Gasteiger partial charge in [-0.3, -0.25) is 9.98 Å². The van der Waals surface area contributed by atoms with E-state index in [1.165, 1.54) is 104 Å². The van der Waals surface area contributed by atoms with E-state index in [1.807, 2.05) is 6.21 Å². The molecule has 0 aliphatic carbocycles. The Balaban J connectivity index is 0.00000346. The minimum absolute atomic E-state index is 0. The van der Waals surface area contributed by atoms with Crippen molar-refractivity contribution in [3.8, 4) is 11.1 Å². The second kappa shape index (κ2) is 24.6. The molecule has 0 saturated heterocycles. The van der Waals surface area contributed by atoms with E-state index >= 15 is 0 Å². The number of hydrogen-bond acceptors (Lipinski definition) is 2. The average Bonchev–Trinajstić information content (AvgIpc) is 3.08. The van der Waals surface area contributed by atoms with Gasteiger partial charge in [0, 0.05) is 6.21 Å². The SMILES string of the molecule is CCCCCCCCc1c(CC)cc(N=CC(CC)=Nc2cc(CCCC)c(C)c(-c3ccccc3)c2)cc1CCCC.[CH2-]C.[NiH]. The molecule has 0 fully saturated rings. The minimum atomic E-state index is 0. The van der Waals surface area contributed by atoms with Crippen molar-refractivity contribution in [1.29, 1.82) is 0 Å². The molecule has 3 rings (SSSR count). The van der Waals surface area contributed by atoms with Crippen molar-refractivity contribution in [3.05, 3.63) is 89.3 Å². The van der Waals surface area contributed by atoms with Crippen molar-refractivity contribution >= 4 is 23.3 Å². The number of aryl methyl sites for hydroxylation is 3. The second-order valence-corrected chi connectivity index (χ2v) is 12.2. The molecule has 0 atom stereocenters. The van der Waals surface area contributed by atoms with Gasteiger partial charge in [-0.25, -0.2) is 0 Å². The third-order valence-electron chi connectivity index (χ3n) is 8.76. The third-order valence-corrected chi connectivity index (χ3v) is 8.76. The summed E-state index contributed by atoms with van der Waals surface area (Å²) in [6.45, 7) is 18.6. The van der Waals surface area contributed by atoms with Gasteiger partial charge in [-0.05, 0) is 121 Å². The van der Waals surface area contributed by atoms with Gasteiger partial charge in [-0.15, -0.1) is 0 Å². The Kier molecular flexibility index (Phi) is 22.2. The molecule has 0 radical (unpaired) electrons. The van der Waals surface area contributed by atoms with Crippen molar-refractivity contribution in [3.63, 3.8) is 0 Å². The van der Waals surface area contributed by atoms with E-state index in [-0.39, 0.29) is 16.5 Å². The molecule has 0 heterocycles. The second-order valence-electron chi connectivity index (χ2n) is 12.2. The molecule has 3 heteroatoms. The molecule has 0 unspecified atom stereocenters. The first kappa shape index (κ1) is 41.5. The number of benzene rings is 3. The van der Waals surface area contributed by atoms with Gasteiger partial charge in [-0.1, -0.05) is 110 Å². The first-order valence-electron chi connectivity index (χ1n) is 18.2. The van der Waals surface area contributed by atoms with E-state index in [2.05, 4.69) is 103 Å². The summed E-state index contributed by atoms with van der Waals surface area (Å²) >= 11 is 0. The van der Waals surface area contributed by atoms with E-state index < -0.39 is 0 Å². The summed E-state index contributed by atoms with van der Waals surface area (Å²) in [5.74, 6) is 0. The Hall–Kier alpha value is -2.51. The maximum atomic E-state index is 5.16. The fraction of sp³-hybridized carbons (Fsp3) is 0.512. The molecule has 3 aromatic rings. The molecule has 2 nitrogen and oxygen atoms in total. The standard InChI is InChI=1S/C41H58N2.C2H5.Ni.H/c1-7-12-15-16-17-21-26-40-33(10-4)27-38(29-36(40)23-14-9-3)42-31-37(11-5)43-39-28-35(22-13-8-2)32(6)41(30-39)34-24-19-18-20-25-34;1-2;;/h18-20,24-25,27-31H,7-17,21-23,26H2,1-6H3;1H2,2H3;;/q;-1;;. The zero-order valence-electron chi connectivity index (χ0n) is 30.3. The monoisotopic (exact) mass is 666 g/mol. The van der Waals surface area contributed by atoms with Gasteiger partial charge >= 0.3 is 16.5 Å². The van der Waals surface area contributed by atoms with Crippen LogP contribution in [-0.4, -0.2) is 11.9 Å². The average molecular weight is 668 g/mol. The van der Waals surface area contributed by atoms with Crippen molar-refractivity contribution < 1.29 is 16.5 Å². The molecule has 3 aromatic carbocycles. The number of hydrogen-bond donors (Lipinski definition) is 0. The summed E-state index contributed by atoms with van der Waals surface area (Å²) in [6, 6.07) is 20.0. The molecule has 0 aliphatic rings. The summed E-state index contributed by atoms with van der Waals surface area (Å²) in [6.07, 6.45) is 20.3. The van der Waals surface area contributed by atoms with Crippen LogP contribution in [0.1, 0.15) is 140 Å². The normalized spacial score (nSPS) is 11.3. The van der Waals surface area contributed by atoms with Crippen LogP contribution in [-0.2, 0) is 42.2 Å². The van der Waals surface area contributed by atoms with Gasteiger partial charge in [0.1, 0.15) is 0 Å². The Morgan fingerprint density at radius 2 is 1.24 bits per heavy atom. The molecule has 0 spiro atoms. The van der Waals surface area contributed by atoms with Crippen molar-refractivity contribution in [1.82, 2.24) is 0 Å². The van der Waals surface area contributed by atoms with Crippen LogP contribution in [0.15, 0.2) is 64.6 Å². The summed E-state index contributed by atoms with van der Waals surface area (Å²) in [4.78, 5) is 10.2. The van der Waals surface area contributed by atoms with Crippen LogP contribution < -0.4 is 0 Å². The van der Waals surface area contributed by atoms with Crippen LogP contribution in [0, 0.1) is 13.8 Å². The summed E-state index contributed by atoms with van der Waals surface area (Å²) in [7, 11) is 0. The summed E-state index contributed by atoms with van der Waals surface area (Å²) in [5.41, 5.74) is 13.1. The molecule has 0 N–H and O–H groups in total. The Labute approximate surface area is 294 Å². The molecule has 0 aliphatic heterocycles. The molecular weight excluding hydrogens is 603 g/mol. The molecule has 0 bridgehead atoms. The van der Waals surface area contributed by atoms with E-state index in [0.717, 1.165) is 42.8 Å². The Morgan fingerprint density at radius 3 is 1.87 bits per heavy atom. The maximum absolute atomic E-state index is 5.16. The zero-order valence-corrected chi connectivity index (χ0v) is 31.4. The van der Waals surface area contributed by atoms with Crippen molar-refractivity contribution in [2.24, 2.45) is 9.98 Å². The van der Waals surface area contributed by atoms with E-state index in [0.29, 0.717) is 0 Å². The van der Waals surface area contributed by atoms with E-state index in [9.17, 15) is 0 Å². The first-order chi connectivity index (χ1) is 22.0. The quantitative estimate of drug-likeness (QED) is 0.0526. The molecule has 46 heavy (non-hydrogen) atoms. The molecule has 0 saturated carbocycles. The Morgan fingerprint density at radius 1 is 0.652 bits per heavy atom. The first-order valence-corrected chi connectivity index (χ1v) is 18.2. The van der Waals surface area contributed by atoms with Crippen LogP contribution in [0.5, 0.6) is 0 Å². The predicted molar refractivity (Wildman–Crippen MR) is 205 cm³/mol. The topological polar surface area (TPSA) is 24.7 Å². The molecular formula is C43H64N2Ni-. The molecule has 0 aromatic heterocycles. The molecule has 0 amide bonds. The van der Waals surface area contributed by atoms with Gasteiger partial charge in [0.05, 0.1) is 17.1 Å². The van der Waals surface area contributed by atoms with Gasteiger partial charge in [0.2, 0.25) is 0 Å². The Bertz CT molecular complexity index is 1310. The predicted octanol–water partition coefficient (Wildman–Crippen LogP) is 13.3. The fourth-order valence-electron chi connectivity index (χ4n) is 6.04. The number of unbranched alkanes of at least 4 members (excludes halogenated alkanes) is 7. The number of rotatable bonds is 19. The molecule has 257 valence electrons.